The fraction of sp³-hybridized carbons (Fsp3) is 1.00. The summed E-state index contributed by atoms with van der Waals surface area (Å²) in [7, 11) is 1.82. The van der Waals surface area contributed by atoms with Gasteiger partial charge in [-0.05, 0) is 19.8 Å². The number of nitrogens with zero attached hydrogens (tertiary/aromatic N) is 1. The third-order valence-corrected chi connectivity index (χ3v) is 3.32. The number of hydrogen-bond acceptors (Lipinski definition) is 3. The lowest BCUT2D eigenvalue weighted by molar-refractivity contribution is -0.0338. The second-order valence-electron chi connectivity index (χ2n) is 4.33. The van der Waals surface area contributed by atoms with E-state index in [9.17, 15) is 0 Å². The summed E-state index contributed by atoms with van der Waals surface area (Å²) in [5.74, 6) is 0. The summed E-state index contributed by atoms with van der Waals surface area (Å²) in [5.41, 5.74) is 0. The fourth-order valence-electron chi connectivity index (χ4n) is 2.32. The molecule has 0 spiro atoms. The highest BCUT2D eigenvalue weighted by Crippen LogP contribution is 2.28. The van der Waals surface area contributed by atoms with E-state index in [4.69, 9.17) is 4.74 Å². The van der Waals surface area contributed by atoms with E-state index in [0.717, 1.165) is 12.6 Å². The highest BCUT2D eigenvalue weighted by Gasteiger charge is 2.34. The average Bonchev–Trinajstić information content (AvgIpc) is 2.02. The van der Waals surface area contributed by atoms with Crippen molar-refractivity contribution in [2.75, 3.05) is 26.7 Å². The van der Waals surface area contributed by atoms with Gasteiger partial charge in [0.2, 0.25) is 0 Å². The molecular weight excluding hydrogens is 164 g/mol. The largest absolute Gasteiger partial charge is 0.381 e. The van der Waals surface area contributed by atoms with Gasteiger partial charge in [0.05, 0.1) is 6.10 Å². The van der Waals surface area contributed by atoms with E-state index in [1.165, 1.54) is 25.9 Å². The van der Waals surface area contributed by atoms with Crippen LogP contribution < -0.4 is 5.32 Å². The molecule has 0 aromatic heterocycles. The molecule has 0 radical (unpaired) electrons. The Morgan fingerprint density at radius 3 is 2.77 bits per heavy atom. The molecule has 0 amide bonds. The van der Waals surface area contributed by atoms with Crippen molar-refractivity contribution in [3.05, 3.63) is 0 Å². The molecule has 1 heterocycles. The maximum Gasteiger partial charge on any atom is 0.0601 e. The Morgan fingerprint density at radius 1 is 1.38 bits per heavy atom. The van der Waals surface area contributed by atoms with Gasteiger partial charge >= 0.3 is 0 Å². The van der Waals surface area contributed by atoms with Gasteiger partial charge in [0.15, 0.2) is 0 Å². The second kappa shape index (κ2) is 3.95. The first-order valence-corrected chi connectivity index (χ1v) is 5.30. The first kappa shape index (κ1) is 9.44. The monoisotopic (exact) mass is 184 g/mol. The van der Waals surface area contributed by atoms with Crippen molar-refractivity contribution in [3.8, 4) is 0 Å². The highest BCUT2D eigenvalue weighted by atomic mass is 16.5. The molecule has 0 aromatic rings. The lowest BCUT2D eigenvalue weighted by Crippen LogP contribution is -2.57. The molecular formula is C10H20N2O. The van der Waals surface area contributed by atoms with Gasteiger partial charge in [-0.15, -0.1) is 0 Å². The SMILES string of the molecule is CO[C@H]1C[C@H](N2CCN[C@H](C)C2)C1. The van der Waals surface area contributed by atoms with Crippen molar-refractivity contribution in [2.45, 2.75) is 38.0 Å². The summed E-state index contributed by atoms with van der Waals surface area (Å²) in [4.78, 5) is 2.61. The third kappa shape index (κ3) is 2.03. The van der Waals surface area contributed by atoms with Gasteiger partial charge in [0, 0.05) is 38.8 Å². The molecule has 3 nitrogen and oxygen atoms in total. The Balaban J connectivity index is 1.75. The smallest absolute Gasteiger partial charge is 0.0601 e. The van der Waals surface area contributed by atoms with Gasteiger partial charge in [0.1, 0.15) is 0 Å². The summed E-state index contributed by atoms with van der Waals surface area (Å²) in [5, 5.41) is 3.47. The molecule has 1 aliphatic carbocycles. The van der Waals surface area contributed by atoms with Crippen molar-refractivity contribution in [2.24, 2.45) is 0 Å². The van der Waals surface area contributed by atoms with Crippen LogP contribution in [-0.2, 0) is 4.74 Å². The van der Waals surface area contributed by atoms with E-state index < -0.39 is 0 Å². The van der Waals surface area contributed by atoms with Gasteiger partial charge < -0.3 is 10.1 Å². The van der Waals surface area contributed by atoms with Gasteiger partial charge in [0.25, 0.3) is 0 Å². The van der Waals surface area contributed by atoms with Crippen LogP contribution in [0.5, 0.6) is 0 Å². The van der Waals surface area contributed by atoms with Gasteiger partial charge in [-0.25, -0.2) is 0 Å². The molecule has 0 unspecified atom stereocenters. The molecule has 1 saturated heterocycles. The number of methoxy groups -OCH3 is 1. The summed E-state index contributed by atoms with van der Waals surface area (Å²) < 4.78 is 5.29. The Morgan fingerprint density at radius 2 is 2.15 bits per heavy atom. The molecule has 2 rings (SSSR count). The molecule has 3 heteroatoms. The minimum absolute atomic E-state index is 0.537. The van der Waals surface area contributed by atoms with Crippen molar-refractivity contribution in [3.63, 3.8) is 0 Å². The molecule has 0 bridgehead atoms. The zero-order valence-electron chi connectivity index (χ0n) is 8.62. The standard InChI is InChI=1S/C10H20N2O/c1-8-7-12(4-3-11-8)9-5-10(6-9)13-2/h8-11H,3-7H2,1-2H3/t8-,9-,10-/m1/s1. The number of rotatable bonds is 2. The van der Waals surface area contributed by atoms with E-state index in [0.29, 0.717) is 12.1 Å². The number of piperazine rings is 1. The van der Waals surface area contributed by atoms with Gasteiger partial charge in [-0.2, -0.15) is 0 Å². The van der Waals surface area contributed by atoms with Crippen LogP contribution in [0.25, 0.3) is 0 Å². The molecule has 2 aliphatic rings. The van der Waals surface area contributed by atoms with E-state index in [2.05, 4.69) is 17.1 Å². The van der Waals surface area contributed by atoms with Crippen LogP contribution in [0.1, 0.15) is 19.8 Å². The quantitative estimate of drug-likeness (QED) is 0.674. The van der Waals surface area contributed by atoms with Crippen LogP contribution in [0.3, 0.4) is 0 Å². The molecule has 1 saturated carbocycles. The molecule has 13 heavy (non-hydrogen) atoms. The van der Waals surface area contributed by atoms with E-state index >= 15 is 0 Å². The number of ether oxygens (including phenoxy) is 1. The zero-order chi connectivity index (χ0) is 9.26. The Bertz CT molecular complexity index is 168. The topological polar surface area (TPSA) is 24.5 Å². The summed E-state index contributed by atoms with van der Waals surface area (Å²) in [6, 6.07) is 1.46. The van der Waals surface area contributed by atoms with Crippen molar-refractivity contribution in [1.82, 2.24) is 10.2 Å². The number of nitrogens with one attached hydrogen (secondary N) is 1. The normalized spacial score (nSPS) is 41.5. The van der Waals surface area contributed by atoms with Gasteiger partial charge in [-0.3, -0.25) is 4.90 Å². The molecule has 0 aromatic carbocycles. The van der Waals surface area contributed by atoms with E-state index in [1.807, 2.05) is 7.11 Å². The Labute approximate surface area is 80.4 Å². The average molecular weight is 184 g/mol. The highest BCUT2D eigenvalue weighted by molar-refractivity contribution is 4.90. The lowest BCUT2D eigenvalue weighted by Gasteiger charge is -2.45. The van der Waals surface area contributed by atoms with Crippen molar-refractivity contribution < 1.29 is 4.74 Å². The molecule has 1 N–H and O–H groups in total. The molecule has 1 atom stereocenters. The van der Waals surface area contributed by atoms with Crippen LogP contribution in [0.4, 0.5) is 0 Å². The van der Waals surface area contributed by atoms with Crippen molar-refractivity contribution in [1.29, 1.82) is 0 Å². The second-order valence-corrected chi connectivity index (χ2v) is 4.33. The molecule has 76 valence electrons. The first-order chi connectivity index (χ1) is 6.29. The zero-order valence-corrected chi connectivity index (χ0v) is 8.62. The van der Waals surface area contributed by atoms with Crippen LogP contribution in [0.15, 0.2) is 0 Å². The number of hydrogen-bond donors (Lipinski definition) is 1. The lowest BCUT2D eigenvalue weighted by atomic mass is 9.87. The van der Waals surface area contributed by atoms with Gasteiger partial charge in [-0.1, -0.05) is 0 Å². The van der Waals surface area contributed by atoms with Crippen LogP contribution in [0.2, 0.25) is 0 Å². The minimum atomic E-state index is 0.537. The first-order valence-electron chi connectivity index (χ1n) is 5.30. The summed E-state index contributed by atoms with van der Waals surface area (Å²) in [6.45, 7) is 5.83. The maximum absolute atomic E-state index is 5.29. The van der Waals surface area contributed by atoms with Crippen LogP contribution >= 0.6 is 0 Å². The minimum Gasteiger partial charge on any atom is -0.381 e. The summed E-state index contributed by atoms with van der Waals surface area (Å²) in [6.07, 6.45) is 3.02. The van der Waals surface area contributed by atoms with Crippen LogP contribution in [0, 0.1) is 0 Å². The Kier molecular flexibility index (Phi) is 2.86. The predicted octanol–water partition coefficient (Wildman–Crippen LogP) is 0.457. The van der Waals surface area contributed by atoms with E-state index in [-0.39, 0.29) is 0 Å². The maximum atomic E-state index is 5.29. The van der Waals surface area contributed by atoms with Crippen LogP contribution in [-0.4, -0.2) is 49.8 Å². The summed E-state index contributed by atoms with van der Waals surface area (Å²) >= 11 is 0. The third-order valence-electron chi connectivity index (χ3n) is 3.32. The van der Waals surface area contributed by atoms with E-state index in [1.54, 1.807) is 0 Å². The Hall–Kier alpha value is -0.120. The van der Waals surface area contributed by atoms with Crippen molar-refractivity contribution >= 4 is 0 Å². The molecule has 2 fully saturated rings. The predicted molar refractivity (Wildman–Crippen MR) is 52.9 cm³/mol. The fourth-order valence-corrected chi connectivity index (χ4v) is 2.32. The molecule has 1 aliphatic heterocycles.